The summed E-state index contributed by atoms with van der Waals surface area (Å²) in [7, 11) is 0. The summed E-state index contributed by atoms with van der Waals surface area (Å²) in [5.41, 5.74) is 7.85. The lowest BCUT2D eigenvalue weighted by Gasteiger charge is -2.65. The molecule has 2 aromatic rings. The zero-order chi connectivity index (χ0) is 33.0. The maximum atomic E-state index is 7.50. The van der Waals surface area contributed by atoms with Gasteiger partial charge in [-0.25, -0.2) is 0 Å². The van der Waals surface area contributed by atoms with E-state index in [-0.39, 0.29) is 51.8 Å². The topological polar surface area (TPSA) is 24.9 Å². The lowest BCUT2D eigenvalue weighted by molar-refractivity contribution is -0.937. The van der Waals surface area contributed by atoms with Crippen LogP contribution >= 0.6 is 0 Å². The molecule has 0 aromatic heterocycles. The Labute approximate surface area is 330 Å². The van der Waals surface area contributed by atoms with Crippen molar-refractivity contribution in [3.8, 4) is 0 Å². The summed E-state index contributed by atoms with van der Waals surface area (Å²) >= 11 is 0. The largest absolute Gasteiger partial charge is 1.00 e. The number of fused-ring (bicyclic) bond motifs is 4. The van der Waals surface area contributed by atoms with E-state index in [0.29, 0.717) is 67.0 Å². The molecule has 0 N–H and O–H groups in total. The van der Waals surface area contributed by atoms with Crippen LogP contribution in [0.5, 0.6) is 0 Å². The summed E-state index contributed by atoms with van der Waals surface area (Å²) in [5, 5.41) is 0. The van der Waals surface area contributed by atoms with Gasteiger partial charge in [-0.05, 0) is 47.1 Å². The first kappa shape index (κ1) is 34.3. The first-order chi connectivity index (χ1) is 24.6. The Hall–Kier alpha value is -2.20. The molecule has 8 aliphatic heterocycles. The fourth-order valence-corrected chi connectivity index (χ4v) is 15.4. The molecule has 4 bridgehead atoms. The third-order valence-electron chi connectivity index (χ3n) is 16.7. The van der Waals surface area contributed by atoms with Crippen molar-refractivity contribution in [2.45, 2.75) is 67.7 Å². The predicted molar refractivity (Wildman–Crippen MR) is 196 cm³/mol. The number of benzene rings is 2. The molecule has 52 heavy (non-hydrogen) atoms. The fourth-order valence-electron chi connectivity index (χ4n) is 15.4. The maximum absolute atomic E-state index is 7.50. The Balaban J connectivity index is 0.00000169. The van der Waals surface area contributed by atoms with Gasteiger partial charge in [-0.1, -0.05) is 61.7 Å². The van der Waals surface area contributed by atoms with Crippen LogP contribution in [0.25, 0.3) is 0 Å². The smallest absolute Gasteiger partial charge is 0.136 e. The molecule has 1 spiro atoms. The van der Waals surface area contributed by atoms with E-state index in [4.69, 9.17) is 9.47 Å². The van der Waals surface area contributed by atoms with Gasteiger partial charge in [0.05, 0.1) is 56.9 Å². The van der Waals surface area contributed by atoms with Gasteiger partial charge in [0.15, 0.2) is 0 Å². The average Bonchev–Trinajstić information content (AvgIpc) is 3.67. The molecule has 2 aromatic carbocycles. The highest BCUT2D eigenvalue weighted by Crippen LogP contribution is 2.69. The van der Waals surface area contributed by atoms with Crippen LogP contribution in [0.1, 0.15) is 31.2 Å². The van der Waals surface area contributed by atoms with E-state index in [1.807, 2.05) is 0 Å². The Morgan fingerprint density at radius 1 is 0.769 bits per heavy atom. The summed E-state index contributed by atoms with van der Waals surface area (Å²) in [5.74, 6) is 2.36. The van der Waals surface area contributed by atoms with Crippen LogP contribution in [0, 0.1) is 29.6 Å². The number of rotatable bonds is 5. The van der Waals surface area contributed by atoms with Gasteiger partial charge < -0.3 is 62.2 Å². The summed E-state index contributed by atoms with van der Waals surface area (Å²) in [4.78, 5) is 5.89. The standard InChI is InChI=1S/C44H52N4O2.2BrH/c1-3-18-47-20-14-31-36(47)24-32-28(26-47)15-22-49-42-38(32)40(31)45(30-10-6-5-7-11-30)43-39-33-25-37-44(34-12-8-9-13-35(34)46(42)41(39)44)17-21-48(37,19-4-2)27-29(33)16-23-50-43;;/h3-13,15-16,31-33,36-43H,1-2,14,17-27H2;2*1H/q+2;;/p-2. The second kappa shape index (κ2) is 11.9. The van der Waals surface area contributed by atoms with E-state index in [2.05, 4.69) is 102 Å². The monoisotopic (exact) mass is 826 g/mol. The lowest BCUT2D eigenvalue weighted by Crippen LogP contribution is -3.00. The summed E-state index contributed by atoms with van der Waals surface area (Å²) in [6.45, 7) is 17.0. The first-order valence-electron chi connectivity index (χ1n) is 19.9. The van der Waals surface area contributed by atoms with Crippen molar-refractivity contribution in [1.29, 1.82) is 0 Å². The van der Waals surface area contributed by atoms with E-state index < -0.39 is 0 Å². The minimum atomic E-state index is 0. The molecule has 14 atom stereocenters. The van der Waals surface area contributed by atoms with E-state index in [1.54, 1.807) is 16.7 Å². The quantitative estimate of drug-likeness (QED) is 0.315. The highest BCUT2D eigenvalue weighted by molar-refractivity contribution is 5.68. The Morgan fingerprint density at radius 2 is 1.44 bits per heavy atom. The third-order valence-corrected chi connectivity index (χ3v) is 16.7. The first-order valence-corrected chi connectivity index (χ1v) is 19.9. The molecular weight excluding hydrogens is 776 g/mol. The SMILES string of the molecule is C=CC[N+]12CCC3C4C5C(CC31)C(=CCOC5N1c3ccccc3C35CC[N+]6(CC=C)CC7=CCOC(C(C7CC36)C15)N4c1ccccc1)C2.[Br-].[Br-]. The summed E-state index contributed by atoms with van der Waals surface area (Å²) < 4.78 is 17.3. The minimum Gasteiger partial charge on any atom is -1.00 e. The second-order valence-corrected chi connectivity index (χ2v) is 17.9. The van der Waals surface area contributed by atoms with Crippen molar-refractivity contribution in [1.82, 2.24) is 0 Å². The van der Waals surface area contributed by atoms with Crippen molar-refractivity contribution in [2.24, 2.45) is 29.6 Å². The highest BCUT2D eigenvalue weighted by atomic mass is 79.9. The van der Waals surface area contributed by atoms with Crippen molar-refractivity contribution in [2.75, 3.05) is 62.3 Å². The van der Waals surface area contributed by atoms with Crippen molar-refractivity contribution < 1.29 is 52.4 Å². The number of anilines is 2. The molecule has 8 heterocycles. The number of halogens is 2. The molecule has 0 radical (unpaired) electrons. The molecule has 12 rings (SSSR count). The highest BCUT2D eigenvalue weighted by Gasteiger charge is 2.77. The fraction of sp³-hybridized carbons (Fsp3) is 0.545. The van der Waals surface area contributed by atoms with Gasteiger partial charge in [-0.2, -0.15) is 0 Å². The van der Waals surface area contributed by atoms with Crippen LogP contribution in [0.2, 0.25) is 0 Å². The van der Waals surface area contributed by atoms with Crippen LogP contribution in [-0.4, -0.2) is 98.1 Å². The zero-order valence-corrected chi connectivity index (χ0v) is 33.3. The molecule has 10 aliphatic rings. The molecule has 274 valence electrons. The van der Waals surface area contributed by atoms with Gasteiger partial charge in [0.2, 0.25) is 0 Å². The zero-order valence-electron chi connectivity index (χ0n) is 30.1. The van der Waals surface area contributed by atoms with E-state index in [0.717, 1.165) is 19.6 Å². The van der Waals surface area contributed by atoms with Crippen LogP contribution in [-0.2, 0) is 14.9 Å². The second-order valence-electron chi connectivity index (χ2n) is 17.9. The van der Waals surface area contributed by atoms with Gasteiger partial charge in [0.25, 0.3) is 0 Å². The molecule has 0 amide bonds. The number of quaternary nitrogens is 2. The van der Waals surface area contributed by atoms with Crippen molar-refractivity contribution in [3.63, 3.8) is 0 Å². The van der Waals surface area contributed by atoms with Crippen LogP contribution in [0.3, 0.4) is 0 Å². The lowest BCUT2D eigenvalue weighted by atomic mass is 9.53. The summed E-state index contributed by atoms with van der Waals surface area (Å²) in [6, 6.07) is 23.1. The normalized spacial score (nSPS) is 46.1. The van der Waals surface area contributed by atoms with Crippen molar-refractivity contribution in [3.05, 3.63) is 109 Å². The van der Waals surface area contributed by atoms with Crippen LogP contribution < -0.4 is 43.8 Å². The van der Waals surface area contributed by atoms with Gasteiger partial charge in [-0.15, -0.1) is 0 Å². The Morgan fingerprint density at radius 3 is 2.21 bits per heavy atom. The molecule has 2 aliphatic carbocycles. The minimum absolute atomic E-state index is 0. The molecule has 8 heteroatoms. The third kappa shape index (κ3) is 4.00. The number of para-hydroxylation sites is 2. The number of hydrogen-bond acceptors (Lipinski definition) is 4. The molecule has 7 fully saturated rings. The van der Waals surface area contributed by atoms with Gasteiger partial charge in [0.1, 0.15) is 31.6 Å². The molecule has 5 saturated heterocycles. The van der Waals surface area contributed by atoms with Crippen molar-refractivity contribution >= 4 is 11.4 Å². The van der Waals surface area contributed by atoms with E-state index in [1.165, 1.54) is 65.7 Å². The van der Waals surface area contributed by atoms with Crippen LogP contribution in [0.15, 0.2) is 103 Å². The number of ether oxygens (including phenoxy) is 2. The Bertz CT molecular complexity index is 1870. The molecular formula is C44H52Br2N4O2. The van der Waals surface area contributed by atoms with Gasteiger partial charge >= 0.3 is 0 Å². The van der Waals surface area contributed by atoms with E-state index in [9.17, 15) is 0 Å². The van der Waals surface area contributed by atoms with Crippen LogP contribution in [0.4, 0.5) is 11.4 Å². The molecule has 2 saturated carbocycles. The molecule has 14 unspecified atom stereocenters. The number of piperidine rings is 2. The maximum Gasteiger partial charge on any atom is 0.136 e. The predicted octanol–water partition coefficient (Wildman–Crippen LogP) is 0.0410. The van der Waals surface area contributed by atoms with E-state index >= 15 is 0 Å². The average molecular weight is 829 g/mol. The van der Waals surface area contributed by atoms with Gasteiger partial charge in [0, 0.05) is 72.7 Å². The number of hydrogen-bond donors (Lipinski definition) is 0. The van der Waals surface area contributed by atoms with Gasteiger partial charge in [-0.3, -0.25) is 0 Å². The Kier molecular flexibility index (Phi) is 7.85. The number of nitrogens with zero attached hydrogens (tertiary/aromatic N) is 4. The molecule has 6 nitrogen and oxygen atoms in total. The summed E-state index contributed by atoms with van der Waals surface area (Å²) in [6.07, 6.45) is 14.6.